The third-order valence-corrected chi connectivity index (χ3v) is 3.00. The Hall–Kier alpha value is -0.860. The van der Waals surface area contributed by atoms with Crippen molar-refractivity contribution in [3.63, 3.8) is 0 Å². The van der Waals surface area contributed by atoms with Crippen molar-refractivity contribution in [1.29, 1.82) is 0 Å². The second-order valence-corrected chi connectivity index (χ2v) is 5.28. The number of aryl methyl sites for hydroxylation is 1. The molecule has 0 saturated heterocycles. The van der Waals surface area contributed by atoms with Crippen LogP contribution in [0.3, 0.4) is 0 Å². The Morgan fingerprint density at radius 1 is 0.654 bits per heavy atom. The van der Waals surface area contributed by atoms with Gasteiger partial charge in [-0.1, -0.05) is 111 Å². The summed E-state index contributed by atoms with van der Waals surface area (Å²) >= 11 is 0. The normalized spacial score (nSPS) is 7.88. The lowest BCUT2D eigenvalue weighted by Gasteiger charge is -1.93. The van der Waals surface area contributed by atoms with Crippen LogP contribution in [0.2, 0.25) is 0 Å². The molecule has 0 heterocycles. The van der Waals surface area contributed by atoms with Crippen LogP contribution in [0.5, 0.6) is 0 Å². The zero-order chi connectivity index (χ0) is 20.2. The lowest BCUT2D eigenvalue weighted by molar-refractivity contribution is 0.667. The van der Waals surface area contributed by atoms with Gasteiger partial charge in [-0.3, -0.25) is 0 Å². The Bertz CT molecular complexity index is 242. The first-order valence-electron chi connectivity index (χ1n) is 10.5. The van der Waals surface area contributed by atoms with Gasteiger partial charge in [0.1, 0.15) is 0 Å². The minimum Gasteiger partial charge on any atom is -0.320 e. The quantitative estimate of drug-likeness (QED) is 0.463. The molecule has 160 valence electrons. The van der Waals surface area contributed by atoms with E-state index < -0.39 is 0 Å². The number of benzene rings is 1. The van der Waals surface area contributed by atoms with E-state index in [1.807, 2.05) is 60.0 Å². The number of hydrogen-bond donors (Lipinski definition) is 2. The van der Waals surface area contributed by atoms with E-state index in [-0.39, 0.29) is 7.43 Å². The zero-order valence-electron chi connectivity index (χ0n) is 19.0. The van der Waals surface area contributed by atoms with E-state index in [1.54, 1.807) is 0 Å². The molecule has 0 amide bonds. The molecular formula is C24H54N2. The predicted molar refractivity (Wildman–Crippen MR) is 128 cm³/mol. The SMILES string of the molecule is C.CC.CC.CCCCCNC.CCCCCNC.Cc1ccccc1. The van der Waals surface area contributed by atoms with Gasteiger partial charge >= 0.3 is 0 Å². The summed E-state index contributed by atoms with van der Waals surface area (Å²) < 4.78 is 0. The summed E-state index contributed by atoms with van der Waals surface area (Å²) in [4.78, 5) is 0. The van der Waals surface area contributed by atoms with E-state index in [2.05, 4.69) is 43.5 Å². The minimum atomic E-state index is 0. The van der Waals surface area contributed by atoms with Gasteiger partial charge in [-0.05, 0) is 47.0 Å². The van der Waals surface area contributed by atoms with Crippen molar-refractivity contribution in [2.45, 2.75) is 94.4 Å². The third kappa shape index (κ3) is 49.5. The predicted octanol–water partition coefficient (Wildman–Crippen LogP) is 7.48. The van der Waals surface area contributed by atoms with Gasteiger partial charge in [-0.2, -0.15) is 0 Å². The van der Waals surface area contributed by atoms with Crippen molar-refractivity contribution in [1.82, 2.24) is 10.6 Å². The fourth-order valence-electron chi connectivity index (χ4n) is 1.64. The molecule has 0 aliphatic rings. The molecule has 0 aromatic heterocycles. The van der Waals surface area contributed by atoms with Crippen LogP contribution in [0.1, 0.15) is 93.1 Å². The van der Waals surface area contributed by atoms with E-state index in [0.29, 0.717) is 0 Å². The molecule has 2 nitrogen and oxygen atoms in total. The molecule has 0 saturated carbocycles. The van der Waals surface area contributed by atoms with Gasteiger partial charge in [0, 0.05) is 0 Å². The number of unbranched alkanes of at least 4 members (excludes halogenated alkanes) is 4. The first kappa shape index (κ1) is 36.1. The lowest BCUT2D eigenvalue weighted by Crippen LogP contribution is -2.06. The molecule has 0 aliphatic heterocycles. The molecule has 0 aliphatic carbocycles. The maximum atomic E-state index is 3.10. The molecule has 26 heavy (non-hydrogen) atoms. The molecule has 0 unspecified atom stereocenters. The first-order chi connectivity index (χ1) is 12.2. The van der Waals surface area contributed by atoms with Gasteiger partial charge in [0.2, 0.25) is 0 Å². The molecular weight excluding hydrogens is 316 g/mol. The maximum absolute atomic E-state index is 3.10. The number of nitrogens with one attached hydrogen (secondary N) is 2. The van der Waals surface area contributed by atoms with Gasteiger partial charge in [0.05, 0.1) is 0 Å². The van der Waals surface area contributed by atoms with E-state index in [4.69, 9.17) is 0 Å². The average molecular weight is 371 g/mol. The minimum absolute atomic E-state index is 0. The summed E-state index contributed by atoms with van der Waals surface area (Å²) in [5.74, 6) is 0. The molecule has 0 fully saturated rings. The summed E-state index contributed by atoms with van der Waals surface area (Å²) in [6, 6.07) is 10.3. The van der Waals surface area contributed by atoms with Gasteiger partial charge in [0.25, 0.3) is 0 Å². The van der Waals surface area contributed by atoms with Crippen molar-refractivity contribution in [3.8, 4) is 0 Å². The summed E-state index contributed by atoms with van der Waals surface area (Å²) in [5.41, 5.74) is 1.32. The fourth-order valence-corrected chi connectivity index (χ4v) is 1.64. The van der Waals surface area contributed by atoms with Crippen LogP contribution in [0, 0.1) is 6.92 Å². The summed E-state index contributed by atoms with van der Waals surface area (Å²) in [6.07, 6.45) is 8.02. The van der Waals surface area contributed by atoms with Crippen molar-refractivity contribution in [3.05, 3.63) is 35.9 Å². The van der Waals surface area contributed by atoms with Crippen molar-refractivity contribution >= 4 is 0 Å². The topological polar surface area (TPSA) is 24.1 Å². The highest BCUT2D eigenvalue weighted by Gasteiger charge is 1.79. The summed E-state index contributed by atoms with van der Waals surface area (Å²) in [6.45, 7) is 16.9. The molecule has 0 bridgehead atoms. The second kappa shape index (κ2) is 44.0. The van der Waals surface area contributed by atoms with E-state index in [1.165, 1.54) is 57.2 Å². The van der Waals surface area contributed by atoms with Crippen LogP contribution in [0.15, 0.2) is 30.3 Å². The highest BCUT2D eigenvalue weighted by molar-refractivity contribution is 5.11. The molecule has 1 aromatic rings. The maximum Gasteiger partial charge on any atom is -0.00519 e. The molecule has 2 N–H and O–H groups in total. The zero-order valence-corrected chi connectivity index (χ0v) is 19.0. The Kier molecular flexibility index (Phi) is 61.1. The highest BCUT2D eigenvalue weighted by Crippen LogP contribution is 1.92. The van der Waals surface area contributed by atoms with Crippen LogP contribution in [-0.4, -0.2) is 27.2 Å². The van der Waals surface area contributed by atoms with Crippen LogP contribution < -0.4 is 10.6 Å². The summed E-state index contributed by atoms with van der Waals surface area (Å²) in [7, 11) is 3.99. The van der Waals surface area contributed by atoms with E-state index in [9.17, 15) is 0 Å². The molecule has 0 atom stereocenters. The Labute approximate surface area is 168 Å². The largest absolute Gasteiger partial charge is 0.320 e. The van der Waals surface area contributed by atoms with Crippen molar-refractivity contribution in [2.24, 2.45) is 0 Å². The molecule has 0 radical (unpaired) electrons. The second-order valence-electron chi connectivity index (χ2n) is 5.28. The fraction of sp³-hybridized carbons (Fsp3) is 0.750. The van der Waals surface area contributed by atoms with Crippen molar-refractivity contribution < 1.29 is 0 Å². The molecule has 1 aromatic carbocycles. The van der Waals surface area contributed by atoms with Gasteiger partial charge < -0.3 is 10.6 Å². The Balaban J connectivity index is -0.0000000758. The first-order valence-corrected chi connectivity index (χ1v) is 10.5. The Morgan fingerprint density at radius 2 is 1.00 bits per heavy atom. The number of rotatable bonds is 8. The van der Waals surface area contributed by atoms with Crippen LogP contribution >= 0.6 is 0 Å². The Morgan fingerprint density at radius 3 is 1.19 bits per heavy atom. The summed E-state index contributed by atoms with van der Waals surface area (Å²) in [5, 5.41) is 6.20. The van der Waals surface area contributed by atoms with Crippen LogP contribution in [0.25, 0.3) is 0 Å². The van der Waals surface area contributed by atoms with E-state index >= 15 is 0 Å². The van der Waals surface area contributed by atoms with Gasteiger partial charge in [0.15, 0.2) is 0 Å². The highest BCUT2D eigenvalue weighted by atomic mass is 14.8. The molecule has 0 spiro atoms. The standard InChI is InChI=1S/C7H8.2C6H15N.2C2H6.CH4/c1-7-5-3-2-4-6-7;2*1-3-4-5-6-7-2;2*1-2;/h2-6H,1H3;2*7H,3-6H2,1-2H3;2*1-2H3;1H4. The van der Waals surface area contributed by atoms with Crippen molar-refractivity contribution in [2.75, 3.05) is 27.2 Å². The van der Waals surface area contributed by atoms with E-state index in [0.717, 1.165) is 0 Å². The molecule has 2 heteroatoms. The third-order valence-electron chi connectivity index (χ3n) is 3.00. The molecule has 1 rings (SSSR count). The smallest absolute Gasteiger partial charge is 0.00519 e. The average Bonchev–Trinajstić information content (AvgIpc) is 2.68. The monoisotopic (exact) mass is 370 g/mol. The lowest BCUT2D eigenvalue weighted by atomic mass is 10.2. The van der Waals surface area contributed by atoms with Crippen LogP contribution in [0.4, 0.5) is 0 Å². The van der Waals surface area contributed by atoms with Gasteiger partial charge in [-0.25, -0.2) is 0 Å². The van der Waals surface area contributed by atoms with Crippen LogP contribution in [-0.2, 0) is 0 Å². The van der Waals surface area contributed by atoms with Gasteiger partial charge in [-0.15, -0.1) is 0 Å². The number of hydrogen-bond acceptors (Lipinski definition) is 2.